The van der Waals surface area contributed by atoms with Crippen molar-refractivity contribution in [3.8, 4) is 0 Å². The molecule has 0 aromatic heterocycles. The van der Waals surface area contributed by atoms with Crippen LogP contribution in [-0.2, 0) is 0 Å². The molecule has 0 spiro atoms. The second-order valence-corrected chi connectivity index (χ2v) is 9.03. The van der Waals surface area contributed by atoms with E-state index in [0.717, 1.165) is 19.0 Å². The van der Waals surface area contributed by atoms with Crippen molar-refractivity contribution in [1.29, 1.82) is 5.41 Å². The van der Waals surface area contributed by atoms with Gasteiger partial charge in [0.05, 0.1) is 0 Å². The molecule has 0 aromatic rings. The van der Waals surface area contributed by atoms with Crippen LogP contribution in [0.1, 0.15) is 64.2 Å². The summed E-state index contributed by atoms with van der Waals surface area (Å²) >= 11 is 0. The summed E-state index contributed by atoms with van der Waals surface area (Å²) in [4.78, 5) is 10.2. The maximum atomic E-state index is 8.99. The van der Waals surface area contributed by atoms with Gasteiger partial charge in [-0.25, -0.2) is 0 Å². The van der Waals surface area contributed by atoms with E-state index in [1.54, 1.807) is 0 Å². The Morgan fingerprint density at radius 1 is 0.577 bits per heavy atom. The first-order valence-corrected chi connectivity index (χ1v) is 11.4. The van der Waals surface area contributed by atoms with Crippen molar-refractivity contribution >= 4 is 5.96 Å². The fourth-order valence-corrected chi connectivity index (χ4v) is 5.65. The van der Waals surface area contributed by atoms with Gasteiger partial charge >= 0.3 is 0 Å². The lowest BCUT2D eigenvalue weighted by atomic mass is 10.1. The Bertz CT molecular complexity index is 415. The van der Waals surface area contributed by atoms with Gasteiger partial charge in [0.1, 0.15) is 0 Å². The molecule has 4 saturated heterocycles. The van der Waals surface area contributed by atoms with Gasteiger partial charge in [0.2, 0.25) is 0 Å². The normalized spacial score (nSPS) is 31.7. The molecule has 5 nitrogen and oxygen atoms in total. The average molecular weight is 362 g/mol. The first kappa shape index (κ1) is 18.5. The van der Waals surface area contributed by atoms with Gasteiger partial charge in [-0.2, -0.15) is 0 Å². The van der Waals surface area contributed by atoms with Crippen LogP contribution < -0.4 is 0 Å². The summed E-state index contributed by atoms with van der Waals surface area (Å²) in [7, 11) is 0. The summed E-state index contributed by atoms with van der Waals surface area (Å²) in [5.74, 6) is 0.851. The summed E-state index contributed by atoms with van der Waals surface area (Å²) in [5, 5.41) is 8.99. The molecule has 0 saturated carbocycles. The van der Waals surface area contributed by atoms with Crippen LogP contribution in [0.3, 0.4) is 0 Å². The number of hydrogen-bond donors (Lipinski definition) is 1. The molecule has 2 atom stereocenters. The molecule has 4 heterocycles. The third-order valence-electron chi connectivity index (χ3n) is 7.13. The minimum atomic E-state index is 0.580. The van der Waals surface area contributed by atoms with Crippen LogP contribution in [0.5, 0.6) is 0 Å². The maximum absolute atomic E-state index is 8.99. The Morgan fingerprint density at radius 2 is 1.00 bits per heavy atom. The topological polar surface area (TPSA) is 36.8 Å². The molecule has 0 amide bonds. The first-order valence-electron chi connectivity index (χ1n) is 11.4. The van der Waals surface area contributed by atoms with Crippen LogP contribution in [-0.4, -0.2) is 90.0 Å². The molecule has 148 valence electrons. The van der Waals surface area contributed by atoms with E-state index in [9.17, 15) is 0 Å². The largest absolute Gasteiger partial charge is 0.339 e. The van der Waals surface area contributed by atoms with Crippen LogP contribution in [0.15, 0.2) is 0 Å². The molecular formula is C21H39N5. The number of nitrogens with one attached hydrogen (secondary N) is 1. The van der Waals surface area contributed by atoms with E-state index in [0.29, 0.717) is 12.1 Å². The van der Waals surface area contributed by atoms with Gasteiger partial charge in [0.15, 0.2) is 5.96 Å². The zero-order valence-corrected chi connectivity index (χ0v) is 16.7. The van der Waals surface area contributed by atoms with E-state index >= 15 is 0 Å². The van der Waals surface area contributed by atoms with Crippen LogP contribution in [0.4, 0.5) is 0 Å². The predicted molar refractivity (Wildman–Crippen MR) is 108 cm³/mol. The molecule has 4 fully saturated rings. The average Bonchev–Trinajstić information content (AvgIpc) is 3.32. The van der Waals surface area contributed by atoms with Crippen LogP contribution in [0, 0.1) is 5.41 Å². The molecule has 0 aliphatic carbocycles. The summed E-state index contributed by atoms with van der Waals surface area (Å²) in [6.45, 7) is 9.68. The Morgan fingerprint density at radius 3 is 1.42 bits per heavy atom. The summed E-state index contributed by atoms with van der Waals surface area (Å²) in [5.41, 5.74) is 0. The van der Waals surface area contributed by atoms with Crippen LogP contribution in [0.2, 0.25) is 0 Å². The van der Waals surface area contributed by atoms with E-state index in [4.69, 9.17) is 5.41 Å². The smallest absolute Gasteiger partial charge is 0.194 e. The van der Waals surface area contributed by atoms with E-state index in [1.807, 2.05) is 0 Å². The van der Waals surface area contributed by atoms with Crippen molar-refractivity contribution in [2.75, 3.05) is 52.4 Å². The van der Waals surface area contributed by atoms with Crippen molar-refractivity contribution in [1.82, 2.24) is 19.6 Å². The molecule has 4 aliphatic heterocycles. The minimum absolute atomic E-state index is 0.580. The molecule has 26 heavy (non-hydrogen) atoms. The second kappa shape index (κ2) is 8.92. The number of nitrogens with zero attached hydrogens (tertiary/aromatic N) is 4. The standard InChI is InChI=1S/C21H39N5/c22-21(25-15-7-9-19(25)17-23-11-3-1-4-12-23)26-16-8-10-20(26)18-24-13-5-2-6-14-24/h19-20,22H,1-18H2/t19-,20-/m0/s1. The number of guanidine groups is 1. The molecule has 0 aromatic carbocycles. The predicted octanol–water partition coefficient (Wildman–Crippen LogP) is 2.82. The molecule has 1 N–H and O–H groups in total. The third-order valence-corrected chi connectivity index (χ3v) is 7.13. The monoisotopic (exact) mass is 361 g/mol. The van der Waals surface area contributed by atoms with Gasteiger partial charge in [-0.15, -0.1) is 0 Å². The van der Waals surface area contributed by atoms with E-state index in [2.05, 4.69) is 19.6 Å². The number of likely N-dealkylation sites (tertiary alicyclic amines) is 4. The van der Waals surface area contributed by atoms with Crippen LogP contribution >= 0.6 is 0 Å². The van der Waals surface area contributed by atoms with Crippen molar-refractivity contribution in [3.05, 3.63) is 0 Å². The van der Waals surface area contributed by atoms with Gasteiger partial charge in [-0.3, -0.25) is 5.41 Å². The van der Waals surface area contributed by atoms with Gasteiger partial charge in [-0.05, 0) is 77.5 Å². The van der Waals surface area contributed by atoms with Gasteiger partial charge < -0.3 is 19.6 Å². The highest BCUT2D eigenvalue weighted by Gasteiger charge is 2.35. The molecule has 0 bridgehead atoms. The molecule has 0 unspecified atom stereocenters. The summed E-state index contributed by atoms with van der Waals surface area (Å²) in [6, 6.07) is 1.16. The highest BCUT2D eigenvalue weighted by atomic mass is 15.4. The van der Waals surface area contributed by atoms with E-state index in [1.165, 1.54) is 103 Å². The fraction of sp³-hybridized carbons (Fsp3) is 0.952. The van der Waals surface area contributed by atoms with Gasteiger partial charge in [-0.1, -0.05) is 12.8 Å². The summed E-state index contributed by atoms with van der Waals surface area (Å²) in [6.07, 6.45) is 13.4. The molecule has 0 radical (unpaired) electrons. The van der Waals surface area contributed by atoms with E-state index in [-0.39, 0.29) is 0 Å². The lowest BCUT2D eigenvalue weighted by Gasteiger charge is -2.39. The molecule has 5 heteroatoms. The number of rotatable bonds is 4. The molecular weight excluding hydrogens is 322 g/mol. The Kier molecular flexibility index (Phi) is 6.36. The van der Waals surface area contributed by atoms with E-state index < -0.39 is 0 Å². The highest BCUT2D eigenvalue weighted by molar-refractivity contribution is 5.78. The Balaban J connectivity index is 1.33. The van der Waals surface area contributed by atoms with Gasteiger partial charge in [0, 0.05) is 38.3 Å². The zero-order valence-electron chi connectivity index (χ0n) is 16.7. The fourth-order valence-electron chi connectivity index (χ4n) is 5.65. The Hall–Kier alpha value is -0.810. The first-order chi connectivity index (χ1) is 12.8. The van der Waals surface area contributed by atoms with Gasteiger partial charge in [0.25, 0.3) is 0 Å². The van der Waals surface area contributed by atoms with Crippen LogP contribution in [0.25, 0.3) is 0 Å². The maximum Gasteiger partial charge on any atom is 0.194 e. The Labute approximate surface area is 160 Å². The highest BCUT2D eigenvalue weighted by Crippen LogP contribution is 2.26. The zero-order chi connectivity index (χ0) is 17.8. The molecule has 4 aliphatic rings. The van der Waals surface area contributed by atoms with Crippen molar-refractivity contribution in [3.63, 3.8) is 0 Å². The SMILES string of the molecule is N=C(N1CCC[C@H]1CN1CCCCC1)N1CCC[C@H]1CN1CCCCC1. The third kappa shape index (κ3) is 4.36. The van der Waals surface area contributed by atoms with Crippen molar-refractivity contribution in [2.45, 2.75) is 76.3 Å². The summed E-state index contributed by atoms with van der Waals surface area (Å²) < 4.78 is 0. The second-order valence-electron chi connectivity index (χ2n) is 9.03. The lowest BCUT2D eigenvalue weighted by Crippen LogP contribution is -2.53. The minimum Gasteiger partial charge on any atom is -0.339 e. The van der Waals surface area contributed by atoms with Crippen molar-refractivity contribution in [2.24, 2.45) is 0 Å². The molecule has 4 rings (SSSR count). The number of piperidine rings is 2. The lowest BCUT2D eigenvalue weighted by molar-refractivity contribution is 0.161. The van der Waals surface area contributed by atoms with Crippen molar-refractivity contribution < 1.29 is 0 Å². The quantitative estimate of drug-likeness (QED) is 0.617. The number of hydrogen-bond acceptors (Lipinski definition) is 3.